The van der Waals surface area contributed by atoms with Crippen LogP contribution in [0.25, 0.3) is 11.5 Å². The Balaban J connectivity index is 1.65. The lowest BCUT2D eigenvalue weighted by Gasteiger charge is -2.37. The molecule has 3 aromatic rings. The van der Waals surface area contributed by atoms with Crippen molar-refractivity contribution in [3.05, 3.63) is 54.2 Å². The van der Waals surface area contributed by atoms with Crippen molar-refractivity contribution in [3.63, 3.8) is 0 Å². The average Bonchev–Trinajstić information content (AvgIpc) is 3.20. The van der Waals surface area contributed by atoms with Gasteiger partial charge in [-0.3, -0.25) is 4.79 Å². The molecular weight excluding hydrogens is 356 g/mol. The van der Waals surface area contributed by atoms with Crippen LogP contribution >= 0.6 is 0 Å². The van der Waals surface area contributed by atoms with Gasteiger partial charge in [0.1, 0.15) is 11.5 Å². The van der Waals surface area contributed by atoms with E-state index in [1.165, 1.54) is 0 Å². The second kappa shape index (κ2) is 7.38. The number of likely N-dealkylation sites (tertiary alicyclic amines) is 1. The molecule has 1 saturated heterocycles. The fourth-order valence-corrected chi connectivity index (χ4v) is 3.56. The predicted molar refractivity (Wildman–Crippen MR) is 104 cm³/mol. The Morgan fingerprint density at radius 3 is 2.61 bits per heavy atom. The molecule has 0 spiro atoms. The van der Waals surface area contributed by atoms with Gasteiger partial charge in [0.2, 0.25) is 17.6 Å². The molecule has 1 aliphatic heterocycles. The van der Waals surface area contributed by atoms with E-state index in [4.69, 9.17) is 4.52 Å². The highest BCUT2D eigenvalue weighted by Gasteiger charge is 2.38. The van der Waals surface area contributed by atoms with E-state index in [-0.39, 0.29) is 17.9 Å². The Morgan fingerprint density at radius 2 is 1.93 bits per heavy atom. The molecule has 0 aliphatic carbocycles. The third kappa shape index (κ3) is 3.33. The van der Waals surface area contributed by atoms with E-state index in [0.29, 0.717) is 30.3 Å². The first-order chi connectivity index (χ1) is 13.5. The number of carbonyl (C=O) groups is 1. The van der Waals surface area contributed by atoms with Crippen LogP contribution in [-0.4, -0.2) is 52.1 Å². The summed E-state index contributed by atoms with van der Waals surface area (Å²) < 4.78 is 5.59. The summed E-state index contributed by atoms with van der Waals surface area (Å²) in [5.41, 5.74) is 1.61. The molecule has 0 saturated carbocycles. The van der Waals surface area contributed by atoms with Gasteiger partial charge in [0.05, 0.1) is 24.4 Å². The number of likely N-dealkylation sites (N-methyl/N-ethyl adjacent to an activating group) is 1. The lowest BCUT2D eigenvalue weighted by Crippen LogP contribution is -2.39. The number of anilines is 1. The summed E-state index contributed by atoms with van der Waals surface area (Å²) in [5, 5.41) is 4.10. The van der Waals surface area contributed by atoms with Crippen molar-refractivity contribution in [1.82, 2.24) is 25.0 Å². The second-order valence-corrected chi connectivity index (χ2v) is 7.12. The van der Waals surface area contributed by atoms with Crippen molar-refractivity contribution in [3.8, 4) is 11.5 Å². The molecular formula is C20H22N6O2. The summed E-state index contributed by atoms with van der Waals surface area (Å²) in [4.78, 5) is 29.3. The van der Waals surface area contributed by atoms with Gasteiger partial charge in [-0.25, -0.2) is 9.97 Å². The largest absolute Gasteiger partial charge is 0.361 e. The highest BCUT2D eigenvalue weighted by atomic mass is 16.5. The lowest BCUT2D eigenvalue weighted by atomic mass is 9.84. The van der Waals surface area contributed by atoms with Gasteiger partial charge in [0.15, 0.2) is 0 Å². The molecule has 8 nitrogen and oxygen atoms in total. The van der Waals surface area contributed by atoms with Crippen LogP contribution in [0.5, 0.6) is 0 Å². The fraction of sp³-hybridized carbons (Fsp3) is 0.350. The Hall–Kier alpha value is -3.29. The Morgan fingerprint density at radius 1 is 1.14 bits per heavy atom. The zero-order chi connectivity index (χ0) is 19.7. The normalized spacial score (nSPS) is 19.7. The van der Waals surface area contributed by atoms with E-state index >= 15 is 0 Å². The minimum atomic E-state index is -0.141. The summed E-state index contributed by atoms with van der Waals surface area (Å²) in [5.74, 6) is 1.72. The van der Waals surface area contributed by atoms with Crippen molar-refractivity contribution in [2.24, 2.45) is 0 Å². The van der Waals surface area contributed by atoms with E-state index in [0.717, 1.165) is 11.4 Å². The molecule has 1 fully saturated rings. The maximum atomic E-state index is 12.3. The smallest absolute Gasteiger partial charge is 0.232 e. The number of hydrogen-bond donors (Lipinski definition) is 0. The third-order valence-electron chi connectivity index (χ3n) is 5.09. The van der Waals surface area contributed by atoms with Gasteiger partial charge in [-0.2, -0.15) is 4.98 Å². The molecule has 2 unspecified atom stereocenters. The Kier molecular flexibility index (Phi) is 4.77. The van der Waals surface area contributed by atoms with Crippen LogP contribution < -0.4 is 4.90 Å². The van der Waals surface area contributed by atoms with Crippen LogP contribution in [0, 0.1) is 0 Å². The van der Waals surface area contributed by atoms with E-state index in [9.17, 15) is 4.79 Å². The van der Waals surface area contributed by atoms with Crippen molar-refractivity contribution in [2.45, 2.75) is 24.8 Å². The van der Waals surface area contributed by atoms with Gasteiger partial charge in [-0.1, -0.05) is 35.5 Å². The number of carbonyl (C=O) groups excluding carboxylic acids is 1. The number of hydrogen-bond acceptors (Lipinski definition) is 7. The van der Waals surface area contributed by atoms with Gasteiger partial charge >= 0.3 is 0 Å². The standard InChI is InChI=1S/C20H22N6O2/c1-25(2)16-12-21-15(11-22-16)19-23-20(28-24-19)14-9-10-17(27)26(3)18(14)13-7-5-4-6-8-13/h4-8,11-12,14,18H,9-10H2,1-3H3. The van der Waals surface area contributed by atoms with Crippen molar-refractivity contribution in [2.75, 3.05) is 26.0 Å². The first-order valence-corrected chi connectivity index (χ1v) is 9.18. The summed E-state index contributed by atoms with van der Waals surface area (Å²) in [6, 6.07) is 9.81. The average molecular weight is 378 g/mol. The summed E-state index contributed by atoms with van der Waals surface area (Å²) in [6.45, 7) is 0. The van der Waals surface area contributed by atoms with E-state index in [1.54, 1.807) is 17.3 Å². The molecule has 0 bridgehead atoms. The quantitative estimate of drug-likeness (QED) is 0.689. The number of piperidine rings is 1. The van der Waals surface area contributed by atoms with Gasteiger partial charge in [-0.15, -0.1) is 0 Å². The minimum Gasteiger partial charge on any atom is -0.361 e. The Labute approximate surface area is 163 Å². The number of nitrogens with zero attached hydrogens (tertiary/aromatic N) is 6. The molecule has 144 valence electrons. The molecule has 2 aromatic heterocycles. The predicted octanol–water partition coefficient (Wildman–Crippen LogP) is 2.67. The zero-order valence-corrected chi connectivity index (χ0v) is 16.1. The van der Waals surface area contributed by atoms with Crippen LogP contribution in [0.1, 0.15) is 36.3 Å². The lowest BCUT2D eigenvalue weighted by molar-refractivity contribution is -0.135. The molecule has 0 N–H and O–H groups in total. The number of amides is 1. The molecule has 4 rings (SSSR count). The second-order valence-electron chi connectivity index (χ2n) is 7.12. The number of rotatable bonds is 4. The summed E-state index contributed by atoms with van der Waals surface area (Å²) in [6.07, 6.45) is 4.43. The molecule has 1 aromatic carbocycles. The fourth-order valence-electron chi connectivity index (χ4n) is 3.56. The first-order valence-electron chi connectivity index (χ1n) is 9.18. The van der Waals surface area contributed by atoms with Crippen molar-refractivity contribution >= 4 is 11.7 Å². The minimum absolute atomic E-state index is 0.0691. The van der Waals surface area contributed by atoms with Crippen LogP contribution in [0.2, 0.25) is 0 Å². The van der Waals surface area contributed by atoms with Gasteiger partial charge in [0, 0.05) is 27.6 Å². The summed E-state index contributed by atoms with van der Waals surface area (Å²) >= 11 is 0. The van der Waals surface area contributed by atoms with Crippen molar-refractivity contribution < 1.29 is 9.32 Å². The molecule has 1 amide bonds. The van der Waals surface area contributed by atoms with Crippen LogP contribution in [0.3, 0.4) is 0 Å². The van der Waals surface area contributed by atoms with Gasteiger partial charge in [-0.05, 0) is 12.0 Å². The van der Waals surface area contributed by atoms with Crippen LogP contribution in [-0.2, 0) is 4.79 Å². The molecule has 1 aliphatic rings. The highest BCUT2D eigenvalue weighted by Crippen LogP contribution is 2.41. The molecule has 2 atom stereocenters. The van der Waals surface area contributed by atoms with Gasteiger partial charge in [0.25, 0.3) is 0 Å². The number of aromatic nitrogens is 4. The molecule has 28 heavy (non-hydrogen) atoms. The maximum Gasteiger partial charge on any atom is 0.232 e. The van der Waals surface area contributed by atoms with E-state index < -0.39 is 0 Å². The monoisotopic (exact) mass is 378 g/mol. The third-order valence-corrected chi connectivity index (χ3v) is 5.09. The van der Waals surface area contributed by atoms with E-state index in [1.807, 2.05) is 56.4 Å². The van der Waals surface area contributed by atoms with E-state index in [2.05, 4.69) is 20.1 Å². The molecule has 0 radical (unpaired) electrons. The zero-order valence-electron chi connectivity index (χ0n) is 16.1. The topological polar surface area (TPSA) is 88.3 Å². The SMILES string of the molecule is CN(C)c1cnc(-c2noc(C3CCC(=O)N(C)C3c3ccccc3)n2)cn1. The van der Waals surface area contributed by atoms with Crippen molar-refractivity contribution in [1.29, 1.82) is 0 Å². The van der Waals surface area contributed by atoms with Gasteiger partial charge < -0.3 is 14.3 Å². The first kappa shape index (κ1) is 18.1. The molecule has 3 heterocycles. The van der Waals surface area contributed by atoms with Crippen LogP contribution in [0.4, 0.5) is 5.82 Å². The number of benzene rings is 1. The maximum absolute atomic E-state index is 12.3. The Bertz CT molecular complexity index is 954. The summed E-state index contributed by atoms with van der Waals surface area (Å²) in [7, 11) is 5.64. The van der Waals surface area contributed by atoms with Crippen LogP contribution in [0.15, 0.2) is 47.2 Å². The highest BCUT2D eigenvalue weighted by molar-refractivity contribution is 5.77. The molecule has 8 heteroatoms.